The molecule has 0 radical (unpaired) electrons. The summed E-state index contributed by atoms with van der Waals surface area (Å²) in [7, 11) is 0. The number of carbonyl (C=O) groups excluding carboxylic acids is 1. The maximum Gasteiger partial charge on any atom is 0.573 e. The minimum Gasteiger partial charge on any atom is -0.441 e. The summed E-state index contributed by atoms with van der Waals surface area (Å²) < 4.78 is 115. The SMILES string of the molecule is CC(OC(=O)Nc1ccc(-c2ncn(-c3ccc(OC(F)(F)F)cc3)n2)cc1)c1c(F)c(F)c(F)c(F)c1F. The molecule has 4 aromatic rings. The van der Waals surface area contributed by atoms with Crippen LogP contribution in [-0.2, 0) is 4.74 Å². The second-order valence-corrected chi connectivity index (χ2v) is 7.79. The third-order valence-electron chi connectivity index (χ3n) is 5.15. The normalized spacial score (nSPS) is 12.2. The van der Waals surface area contributed by atoms with Gasteiger partial charge in [0, 0.05) is 11.3 Å². The average molecular weight is 558 g/mol. The van der Waals surface area contributed by atoms with Gasteiger partial charge in [-0.1, -0.05) is 0 Å². The lowest BCUT2D eigenvalue weighted by Crippen LogP contribution is -2.19. The highest BCUT2D eigenvalue weighted by Crippen LogP contribution is 2.30. The Hall–Kier alpha value is -4.69. The largest absolute Gasteiger partial charge is 0.573 e. The molecule has 0 bridgehead atoms. The molecule has 0 saturated carbocycles. The monoisotopic (exact) mass is 558 g/mol. The number of alkyl halides is 3. The molecule has 0 fully saturated rings. The Morgan fingerprint density at radius 2 is 1.44 bits per heavy atom. The van der Waals surface area contributed by atoms with E-state index in [4.69, 9.17) is 4.74 Å². The predicted octanol–water partition coefficient (Wildman–Crippen LogP) is 6.84. The van der Waals surface area contributed by atoms with E-state index < -0.39 is 59.0 Å². The summed E-state index contributed by atoms with van der Waals surface area (Å²) in [5, 5.41) is 6.47. The topological polar surface area (TPSA) is 78.3 Å². The molecule has 1 heterocycles. The number of benzene rings is 3. The van der Waals surface area contributed by atoms with Crippen LogP contribution in [-0.4, -0.2) is 27.2 Å². The van der Waals surface area contributed by atoms with Gasteiger partial charge in [0.15, 0.2) is 29.1 Å². The van der Waals surface area contributed by atoms with Gasteiger partial charge in [0.05, 0.1) is 11.3 Å². The van der Waals surface area contributed by atoms with Crippen molar-refractivity contribution in [1.82, 2.24) is 14.8 Å². The van der Waals surface area contributed by atoms with Crippen molar-refractivity contribution < 1.29 is 49.4 Å². The molecule has 0 aliphatic carbocycles. The number of aromatic nitrogens is 3. The van der Waals surface area contributed by atoms with E-state index in [2.05, 4.69) is 20.1 Å². The fourth-order valence-electron chi connectivity index (χ4n) is 3.37. The van der Waals surface area contributed by atoms with Crippen LogP contribution in [0.3, 0.4) is 0 Å². The van der Waals surface area contributed by atoms with Crippen molar-refractivity contribution in [2.75, 3.05) is 5.32 Å². The third-order valence-corrected chi connectivity index (χ3v) is 5.15. The van der Waals surface area contributed by atoms with Crippen LogP contribution >= 0.6 is 0 Å². The molecule has 0 saturated heterocycles. The highest BCUT2D eigenvalue weighted by atomic mass is 19.4. The zero-order valence-corrected chi connectivity index (χ0v) is 19.4. The van der Waals surface area contributed by atoms with Crippen molar-refractivity contribution in [2.45, 2.75) is 19.4 Å². The number of rotatable bonds is 6. The quantitative estimate of drug-likeness (QED) is 0.159. The Balaban J connectivity index is 1.41. The Morgan fingerprint density at radius 1 is 0.872 bits per heavy atom. The molecule has 204 valence electrons. The smallest absolute Gasteiger partial charge is 0.441 e. The zero-order valence-electron chi connectivity index (χ0n) is 19.4. The number of amides is 1. The van der Waals surface area contributed by atoms with Gasteiger partial charge in [-0.15, -0.1) is 18.3 Å². The molecule has 1 aromatic heterocycles. The van der Waals surface area contributed by atoms with Gasteiger partial charge in [0.1, 0.15) is 18.2 Å². The first-order valence-corrected chi connectivity index (χ1v) is 10.7. The summed E-state index contributed by atoms with van der Waals surface area (Å²) in [5.41, 5.74) is -0.291. The standard InChI is InChI=1S/C24H14F8N4O3/c1-11(16-17(25)19(27)21(29)20(28)18(16)26)38-23(37)34-13-4-2-12(3-5-13)22-33-10-36(35-22)14-6-8-15(9-7-14)39-24(30,31)32/h2-11H,1H3,(H,34,37). The van der Waals surface area contributed by atoms with Crippen molar-refractivity contribution in [3.05, 3.63) is 89.5 Å². The van der Waals surface area contributed by atoms with Gasteiger partial charge in [-0.05, 0) is 55.5 Å². The van der Waals surface area contributed by atoms with E-state index >= 15 is 0 Å². The minimum atomic E-state index is -4.82. The van der Waals surface area contributed by atoms with Crippen LogP contribution in [0.5, 0.6) is 5.75 Å². The molecule has 39 heavy (non-hydrogen) atoms. The lowest BCUT2D eigenvalue weighted by Gasteiger charge is -2.16. The molecule has 1 unspecified atom stereocenters. The summed E-state index contributed by atoms with van der Waals surface area (Å²) in [6.07, 6.45) is -6.57. The second-order valence-electron chi connectivity index (χ2n) is 7.79. The van der Waals surface area contributed by atoms with E-state index in [0.29, 0.717) is 11.3 Å². The van der Waals surface area contributed by atoms with Crippen molar-refractivity contribution in [2.24, 2.45) is 0 Å². The lowest BCUT2D eigenvalue weighted by molar-refractivity contribution is -0.274. The number of ether oxygens (including phenoxy) is 2. The van der Waals surface area contributed by atoms with E-state index in [0.717, 1.165) is 19.1 Å². The Kier molecular flexibility index (Phi) is 7.42. The van der Waals surface area contributed by atoms with Crippen molar-refractivity contribution in [3.8, 4) is 22.8 Å². The maximum absolute atomic E-state index is 13.9. The predicted molar refractivity (Wildman–Crippen MR) is 118 cm³/mol. The van der Waals surface area contributed by atoms with E-state index in [9.17, 15) is 39.9 Å². The Morgan fingerprint density at radius 3 is 2.00 bits per heavy atom. The fraction of sp³-hybridized carbons (Fsp3) is 0.125. The molecule has 1 N–H and O–H groups in total. The molecular weight excluding hydrogens is 544 g/mol. The molecule has 1 amide bonds. The van der Waals surface area contributed by atoms with Crippen molar-refractivity contribution in [1.29, 1.82) is 0 Å². The molecule has 0 aliphatic heterocycles. The third kappa shape index (κ3) is 6.08. The minimum absolute atomic E-state index is 0.146. The van der Waals surface area contributed by atoms with Gasteiger partial charge in [0.2, 0.25) is 5.82 Å². The number of hydrogen-bond donors (Lipinski definition) is 1. The molecule has 0 spiro atoms. The number of nitrogens with one attached hydrogen (secondary N) is 1. The van der Waals surface area contributed by atoms with Crippen LogP contribution in [0.4, 0.5) is 45.6 Å². The van der Waals surface area contributed by atoms with Gasteiger partial charge in [-0.2, -0.15) is 0 Å². The van der Waals surface area contributed by atoms with Gasteiger partial charge in [-0.25, -0.2) is 36.4 Å². The van der Waals surface area contributed by atoms with E-state index in [1.807, 2.05) is 0 Å². The Labute approximate surface area is 213 Å². The van der Waals surface area contributed by atoms with Gasteiger partial charge >= 0.3 is 12.5 Å². The number of hydrogen-bond acceptors (Lipinski definition) is 5. The van der Waals surface area contributed by atoms with E-state index in [1.54, 1.807) is 0 Å². The van der Waals surface area contributed by atoms with Crippen LogP contribution in [0.2, 0.25) is 0 Å². The van der Waals surface area contributed by atoms with E-state index in [-0.39, 0.29) is 11.5 Å². The van der Waals surface area contributed by atoms with Crippen molar-refractivity contribution in [3.63, 3.8) is 0 Å². The summed E-state index contributed by atoms with van der Waals surface area (Å²) in [6.45, 7) is 0.930. The number of carbonyl (C=O) groups is 1. The fourth-order valence-corrected chi connectivity index (χ4v) is 3.37. The highest BCUT2D eigenvalue weighted by molar-refractivity contribution is 5.85. The first-order valence-electron chi connectivity index (χ1n) is 10.7. The van der Waals surface area contributed by atoms with Gasteiger partial charge in [0.25, 0.3) is 0 Å². The number of nitrogens with zero attached hydrogens (tertiary/aromatic N) is 3. The average Bonchev–Trinajstić information content (AvgIpc) is 3.36. The summed E-state index contributed by atoms with van der Waals surface area (Å²) >= 11 is 0. The zero-order chi connectivity index (χ0) is 28.5. The molecule has 3 aromatic carbocycles. The second kappa shape index (κ2) is 10.6. The number of halogens is 8. The highest BCUT2D eigenvalue weighted by Gasteiger charge is 2.31. The molecule has 4 rings (SSSR count). The van der Waals surface area contributed by atoms with Crippen LogP contribution in [0.1, 0.15) is 18.6 Å². The molecule has 1 atom stereocenters. The van der Waals surface area contributed by atoms with Crippen molar-refractivity contribution >= 4 is 11.8 Å². The van der Waals surface area contributed by atoms with Crippen LogP contribution < -0.4 is 10.1 Å². The first kappa shape index (κ1) is 27.3. The molecule has 0 aliphatic rings. The molecule has 7 nitrogen and oxygen atoms in total. The number of anilines is 1. The summed E-state index contributed by atoms with van der Waals surface area (Å²) in [5.74, 6) is -11.1. The summed E-state index contributed by atoms with van der Waals surface area (Å²) in [6, 6.07) is 10.7. The van der Waals surface area contributed by atoms with Crippen LogP contribution in [0.25, 0.3) is 17.1 Å². The maximum atomic E-state index is 13.9. The van der Waals surface area contributed by atoms with Crippen LogP contribution in [0.15, 0.2) is 54.9 Å². The van der Waals surface area contributed by atoms with Crippen LogP contribution in [0, 0.1) is 29.1 Å². The first-order chi connectivity index (χ1) is 18.3. The van der Waals surface area contributed by atoms with Gasteiger partial charge < -0.3 is 9.47 Å². The van der Waals surface area contributed by atoms with E-state index in [1.165, 1.54) is 47.4 Å². The molecule has 15 heteroatoms. The summed E-state index contributed by atoms with van der Waals surface area (Å²) in [4.78, 5) is 16.2. The van der Waals surface area contributed by atoms with Gasteiger partial charge in [-0.3, -0.25) is 5.32 Å². The molecular formula is C24H14F8N4O3. The Bertz CT molecular complexity index is 1480. The lowest BCUT2D eigenvalue weighted by atomic mass is 10.1.